The normalized spacial score (nSPS) is 13.4. The highest BCUT2D eigenvalue weighted by Crippen LogP contribution is 2.30. The summed E-state index contributed by atoms with van der Waals surface area (Å²) < 4.78 is 12.7. The van der Waals surface area contributed by atoms with Gasteiger partial charge in [0.2, 0.25) is 0 Å². The van der Waals surface area contributed by atoms with Crippen LogP contribution < -0.4 is 5.32 Å². The summed E-state index contributed by atoms with van der Waals surface area (Å²) in [7, 11) is 0. The predicted octanol–water partition coefficient (Wildman–Crippen LogP) is 3.02. The third kappa shape index (κ3) is 2.13. The van der Waals surface area contributed by atoms with Crippen LogP contribution in [0.15, 0.2) is 24.3 Å². The molecular weight excluding hydrogens is 251 g/mol. The van der Waals surface area contributed by atoms with E-state index in [-0.39, 0.29) is 11.7 Å². The minimum absolute atomic E-state index is 0.248. The number of rotatable bonds is 2. The third-order valence-electron chi connectivity index (χ3n) is 2.92. The van der Waals surface area contributed by atoms with E-state index in [0.29, 0.717) is 10.7 Å². The van der Waals surface area contributed by atoms with E-state index in [1.165, 1.54) is 40.5 Å². The smallest absolute Gasteiger partial charge is 0.257 e. The largest absolute Gasteiger partial charge is 0.298 e. The van der Waals surface area contributed by atoms with Crippen LogP contribution >= 0.6 is 11.3 Å². The van der Waals surface area contributed by atoms with Gasteiger partial charge in [0.1, 0.15) is 5.82 Å². The maximum absolute atomic E-state index is 12.7. The molecule has 1 aromatic heterocycles. The molecule has 18 heavy (non-hydrogen) atoms. The van der Waals surface area contributed by atoms with Crippen molar-refractivity contribution in [1.29, 1.82) is 0 Å². The van der Waals surface area contributed by atoms with E-state index in [2.05, 4.69) is 10.3 Å². The van der Waals surface area contributed by atoms with Crippen molar-refractivity contribution in [3.8, 4) is 0 Å². The first-order valence-corrected chi connectivity index (χ1v) is 6.59. The average Bonchev–Trinajstić information content (AvgIpc) is 2.90. The molecule has 1 N–H and O–H groups in total. The van der Waals surface area contributed by atoms with Crippen LogP contribution in [0.5, 0.6) is 0 Å². The highest BCUT2D eigenvalue weighted by atomic mass is 32.1. The summed E-state index contributed by atoms with van der Waals surface area (Å²) in [6, 6.07) is 5.48. The van der Waals surface area contributed by atoms with Gasteiger partial charge < -0.3 is 0 Å². The highest BCUT2D eigenvalue weighted by molar-refractivity contribution is 7.15. The molecule has 0 spiro atoms. The first-order chi connectivity index (χ1) is 8.72. The lowest BCUT2D eigenvalue weighted by Gasteiger charge is -2.01. The quantitative estimate of drug-likeness (QED) is 0.904. The number of amides is 1. The van der Waals surface area contributed by atoms with Crippen LogP contribution in [0.1, 0.15) is 27.3 Å². The Bertz CT molecular complexity index is 570. The van der Waals surface area contributed by atoms with Gasteiger partial charge in [0, 0.05) is 10.4 Å². The number of halogens is 1. The Morgan fingerprint density at radius 2 is 2.06 bits per heavy atom. The van der Waals surface area contributed by atoms with Crippen LogP contribution in [0.25, 0.3) is 0 Å². The standard InChI is InChI=1S/C13H11FN2OS/c14-9-6-4-8(5-7-9)12(17)16-13-15-10-2-1-3-11(10)18-13/h4-7H,1-3H2,(H,15,16,17). The number of hydrogen-bond donors (Lipinski definition) is 1. The number of hydrogen-bond acceptors (Lipinski definition) is 3. The van der Waals surface area contributed by atoms with Crippen LogP contribution in [0.2, 0.25) is 0 Å². The maximum atomic E-state index is 12.7. The molecule has 92 valence electrons. The Labute approximate surface area is 108 Å². The fourth-order valence-corrected chi connectivity index (χ4v) is 3.06. The van der Waals surface area contributed by atoms with E-state index in [1.54, 1.807) is 0 Å². The summed E-state index contributed by atoms with van der Waals surface area (Å²) in [6.45, 7) is 0. The number of nitrogens with zero attached hydrogens (tertiary/aromatic N) is 1. The van der Waals surface area contributed by atoms with Gasteiger partial charge in [-0.05, 0) is 43.5 Å². The number of aryl methyl sites for hydroxylation is 2. The number of thiazole rings is 1. The number of carbonyl (C=O) groups is 1. The summed E-state index contributed by atoms with van der Waals surface area (Å²) >= 11 is 1.53. The summed E-state index contributed by atoms with van der Waals surface area (Å²) in [6.07, 6.45) is 3.21. The molecule has 0 radical (unpaired) electrons. The molecule has 0 saturated carbocycles. The lowest BCUT2D eigenvalue weighted by Crippen LogP contribution is -2.11. The molecule has 2 aromatic rings. The predicted molar refractivity (Wildman–Crippen MR) is 68.5 cm³/mol. The van der Waals surface area contributed by atoms with Crippen LogP contribution in [0.3, 0.4) is 0 Å². The van der Waals surface area contributed by atoms with Crippen LogP contribution in [-0.2, 0) is 12.8 Å². The monoisotopic (exact) mass is 262 g/mol. The van der Waals surface area contributed by atoms with Crippen molar-refractivity contribution >= 4 is 22.4 Å². The van der Waals surface area contributed by atoms with E-state index < -0.39 is 0 Å². The maximum Gasteiger partial charge on any atom is 0.257 e. The van der Waals surface area contributed by atoms with E-state index in [9.17, 15) is 9.18 Å². The van der Waals surface area contributed by atoms with Gasteiger partial charge in [-0.2, -0.15) is 0 Å². The highest BCUT2D eigenvalue weighted by Gasteiger charge is 2.18. The Morgan fingerprint density at radius 3 is 2.78 bits per heavy atom. The molecule has 3 nitrogen and oxygen atoms in total. The number of aromatic nitrogens is 1. The van der Waals surface area contributed by atoms with Gasteiger partial charge in [0.25, 0.3) is 5.91 Å². The molecule has 0 atom stereocenters. The van der Waals surface area contributed by atoms with Crippen LogP contribution in [-0.4, -0.2) is 10.9 Å². The molecule has 1 aliphatic rings. The SMILES string of the molecule is O=C(Nc1nc2c(s1)CCC2)c1ccc(F)cc1. The molecule has 3 rings (SSSR count). The van der Waals surface area contributed by atoms with Crippen molar-refractivity contribution in [2.24, 2.45) is 0 Å². The van der Waals surface area contributed by atoms with Gasteiger partial charge in [-0.3, -0.25) is 10.1 Å². The number of nitrogens with one attached hydrogen (secondary N) is 1. The van der Waals surface area contributed by atoms with Crippen molar-refractivity contribution in [1.82, 2.24) is 4.98 Å². The summed E-state index contributed by atoms with van der Waals surface area (Å²) in [4.78, 5) is 17.5. The number of anilines is 1. The summed E-state index contributed by atoms with van der Waals surface area (Å²) in [5.74, 6) is -0.595. The minimum atomic E-state index is -0.347. The molecular formula is C13H11FN2OS. The molecule has 0 unspecified atom stereocenters. The second kappa shape index (κ2) is 4.49. The Morgan fingerprint density at radius 1 is 1.28 bits per heavy atom. The van der Waals surface area contributed by atoms with Crippen molar-refractivity contribution in [3.05, 3.63) is 46.2 Å². The topological polar surface area (TPSA) is 42.0 Å². The second-order valence-electron chi connectivity index (χ2n) is 4.20. The lowest BCUT2D eigenvalue weighted by atomic mass is 10.2. The summed E-state index contributed by atoms with van der Waals surface area (Å²) in [5.41, 5.74) is 1.54. The van der Waals surface area contributed by atoms with Crippen LogP contribution in [0.4, 0.5) is 9.52 Å². The fraction of sp³-hybridized carbons (Fsp3) is 0.231. The minimum Gasteiger partial charge on any atom is -0.298 e. The van der Waals surface area contributed by atoms with Gasteiger partial charge in [0.05, 0.1) is 5.69 Å². The van der Waals surface area contributed by atoms with Gasteiger partial charge in [0.15, 0.2) is 5.13 Å². The second-order valence-corrected chi connectivity index (χ2v) is 5.29. The molecule has 0 saturated heterocycles. The molecule has 5 heteroatoms. The van der Waals surface area contributed by atoms with E-state index in [4.69, 9.17) is 0 Å². The molecule has 0 fully saturated rings. The Hall–Kier alpha value is -1.75. The van der Waals surface area contributed by atoms with Gasteiger partial charge >= 0.3 is 0 Å². The van der Waals surface area contributed by atoms with E-state index in [0.717, 1.165) is 25.0 Å². The fourth-order valence-electron chi connectivity index (χ4n) is 2.01. The third-order valence-corrected chi connectivity index (χ3v) is 4.00. The van der Waals surface area contributed by atoms with Crippen LogP contribution in [0, 0.1) is 5.82 Å². The zero-order valence-electron chi connectivity index (χ0n) is 9.57. The summed E-state index contributed by atoms with van der Waals surface area (Å²) in [5, 5.41) is 3.39. The van der Waals surface area contributed by atoms with Crippen molar-refractivity contribution in [2.45, 2.75) is 19.3 Å². The molecule has 1 heterocycles. The molecule has 1 amide bonds. The van der Waals surface area contributed by atoms with E-state index in [1.807, 2.05) is 0 Å². The van der Waals surface area contributed by atoms with Gasteiger partial charge in [-0.25, -0.2) is 9.37 Å². The van der Waals surface area contributed by atoms with E-state index >= 15 is 0 Å². The molecule has 0 bridgehead atoms. The number of fused-ring (bicyclic) bond motifs is 1. The average molecular weight is 262 g/mol. The first kappa shape index (κ1) is 11.3. The lowest BCUT2D eigenvalue weighted by molar-refractivity contribution is 0.102. The zero-order chi connectivity index (χ0) is 12.5. The number of benzene rings is 1. The van der Waals surface area contributed by atoms with Crippen molar-refractivity contribution in [2.75, 3.05) is 5.32 Å². The number of carbonyl (C=O) groups excluding carboxylic acids is 1. The zero-order valence-corrected chi connectivity index (χ0v) is 10.4. The Kier molecular flexibility index (Phi) is 2.83. The van der Waals surface area contributed by atoms with Crippen molar-refractivity contribution in [3.63, 3.8) is 0 Å². The molecule has 1 aliphatic carbocycles. The molecule has 1 aromatic carbocycles. The van der Waals surface area contributed by atoms with Gasteiger partial charge in [-0.15, -0.1) is 11.3 Å². The molecule has 0 aliphatic heterocycles. The van der Waals surface area contributed by atoms with Crippen molar-refractivity contribution < 1.29 is 9.18 Å². The first-order valence-electron chi connectivity index (χ1n) is 5.78. The van der Waals surface area contributed by atoms with Gasteiger partial charge in [-0.1, -0.05) is 0 Å². The Balaban J connectivity index is 1.75.